The first-order chi connectivity index (χ1) is 14.1. The van der Waals surface area contributed by atoms with Crippen LogP contribution in [0.25, 0.3) is 0 Å². The number of hydrogen-bond acceptors (Lipinski definition) is 7. The Hall–Kier alpha value is -2.72. The summed E-state index contributed by atoms with van der Waals surface area (Å²) in [4.78, 5) is 36.5. The molecular weight excluding hydrogens is 428 g/mol. The molecule has 1 aromatic heterocycles. The molecule has 162 valence electrons. The first-order valence-corrected chi connectivity index (χ1v) is 11.7. The third-order valence-corrected chi connectivity index (χ3v) is 7.31. The standard InChI is InChI=1S/C20H24N2O6S2/c1-4-28-20(25)17-13(3)16(18(21)24)19(29-17)22-15(23)6-5-11-30(26,27)14-9-7-12(2)8-10-14/h7-10H,4-6,11H2,1-3H3,(H2,21,24)(H,22,23). The number of rotatable bonds is 9. The molecule has 0 radical (unpaired) electrons. The number of anilines is 1. The predicted molar refractivity (Wildman–Crippen MR) is 115 cm³/mol. The highest BCUT2D eigenvalue weighted by Crippen LogP contribution is 2.33. The number of primary amides is 1. The lowest BCUT2D eigenvalue weighted by molar-refractivity contribution is -0.116. The maximum atomic E-state index is 12.4. The number of benzene rings is 1. The Morgan fingerprint density at radius 2 is 1.77 bits per heavy atom. The van der Waals surface area contributed by atoms with Gasteiger partial charge in [0.1, 0.15) is 9.88 Å². The zero-order valence-electron chi connectivity index (χ0n) is 17.0. The highest BCUT2D eigenvalue weighted by atomic mass is 32.2. The van der Waals surface area contributed by atoms with E-state index in [-0.39, 0.29) is 45.5 Å². The second-order valence-electron chi connectivity index (χ2n) is 6.63. The molecule has 10 heteroatoms. The minimum atomic E-state index is -3.50. The van der Waals surface area contributed by atoms with Crippen molar-refractivity contribution in [1.29, 1.82) is 0 Å². The second kappa shape index (κ2) is 9.86. The molecule has 2 rings (SSSR count). The van der Waals surface area contributed by atoms with Gasteiger partial charge in [-0.15, -0.1) is 11.3 Å². The van der Waals surface area contributed by atoms with Crippen LogP contribution in [0.5, 0.6) is 0 Å². The molecule has 0 spiro atoms. The number of sulfone groups is 1. The summed E-state index contributed by atoms with van der Waals surface area (Å²) in [6.45, 7) is 5.23. The molecule has 0 saturated carbocycles. The number of hydrogen-bond donors (Lipinski definition) is 2. The molecule has 0 aliphatic rings. The third kappa shape index (κ3) is 5.67. The van der Waals surface area contributed by atoms with Crippen LogP contribution in [0.3, 0.4) is 0 Å². The highest BCUT2D eigenvalue weighted by molar-refractivity contribution is 7.91. The van der Waals surface area contributed by atoms with Crippen molar-refractivity contribution in [1.82, 2.24) is 0 Å². The van der Waals surface area contributed by atoms with Crippen LogP contribution in [0, 0.1) is 13.8 Å². The first-order valence-electron chi connectivity index (χ1n) is 9.26. The van der Waals surface area contributed by atoms with Gasteiger partial charge in [-0.3, -0.25) is 9.59 Å². The minimum Gasteiger partial charge on any atom is -0.462 e. The molecule has 30 heavy (non-hydrogen) atoms. The molecule has 0 aliphatic carbocycles. The Balaban J connectivity index is 2.05. The van der Waals surface area contributed by atoms with Crippen molar-refractivity contribution < 1.29 is 27.5 Å². The molecule has 2 amide bonds. The van der Waals surface area contributed by atoms with Gasteiger partial charge < -0.3 is 15.8 Å². The quantitative estimate of drug-likeness (QED) is 0.562. The predicted octanol–water partition coefficient (Wildman–Crippen LogP) is 2.83. The van der Waals surface area contributed by atoms with Gasteiger partial charge in [0.05, 0.1) is 22.8 Å². The maximum absolute atomic E-state index is 12.4. The summed E-state index contributed by atoms with van der Waals surface area (Å²) < 4.78 is 29.7. The average Bonchev–Trinajstić information content (AvgIpc) is 2.98. The zero-order chi connectivity index (χ0) is 22.5. The van der Waals surface area contributed by atoms with Gasteiger partial charge >= 0.3 is 5.97 Å². The van der Waals surface area contributed by atoms with Crippen molar-refractivity contribution in [2.45, 2.75) is 38.5 Å². The lowest BCUT2D eigenvalue weighted by atomic mass is 10.1. The first kappa shape index (κ1) is 23.6. The summed E-state index contributed by atoms with van der Waals surface area (Å²) in [6.07, 6.45) is 0.0258. The van der Waals surface area contributed by atoms with E-state index in [1.54, 1.807) is 26.0 Å². The highest BCUT2D eigenvalue weighted by Gasteiger charge is 2.25. The number of carbonyl (C=O) groups is 3. The number of amides is 2. The molecule has 0 atom stereocenters. The summed E-state index contributed by atoms with van der Waals surface area (Å²) in [5.41, 5.74) is 6.73. The lowest BCUT2D eigenvalue weighted by Gasteiger charge is -2.06. The summed E-state index contributed by atoms with van der Waals surface area (Å²) >= 11 is 0.902. The monoisotopic (exact) mass is 452 g/mol. The third-order valence-electron chi connectivity index (χ3n) is 4.30. The molecule has 0 unspecified atom stereocenters. The van der Waals surface area contributed by atoms with Gasteiger partial charge in [-0.2, -0.15) is 0 Å². The molecule has 0 bridgehead atoms. The molecule has 3 N–H and O–H groups in total. The van der Waals surface area contributed by atoms with Crippen LogP contribution < -0.4 is 11.1 Å². The van der Waals surface area contributed by atoms with Crippen LogP contribution >= 0.6 is 11.3 Å². The van der Waals surface area contributed by atoms with Gasteiger partial charge in [0, 0.05) is 6.42 Å². The number of carbonyl (C=O) groups excluding carboxylic acids is 3. The largest absolute Gasteiger partial charge is 0.462 e. The van der Waals surface area contributed by atoms with Crippen LogP contribution in [-0.2, 0) is 19.4 Å². The fourth-order valence-corrected chi connectivity index (χ4v) is 5.20. The second-order valence-corrected chi connectivity index (χ2v) is 9.76. The number of ether oxygens (including phenoxy) is 1. The summed E-state index contributed by atoms with van der Waals surface area (Å²) in [6, 6.07) is 6.50. The van der Waals surface area contributed by atoms with Crippen LogP contribution in [0.15, 0.2) is 29.2 Å². The normalized spacial score (nSPS) is 11.2. The van der Waals surface area contributed by atoms with E-state index in [2.05, 4.69) is 5.32 Å². The summed E-state index contributed by atoms with van der Waals surface area (Å²) in [5, 5.41) is 2.71. The molecule has 0 aliphatic heterocycles. The average molecular weight is 453 g/mol. The van der Waals surface area contributed by atoms with Crippen LogP contribution in [0.4, 0.5) is 5.00 Å². The number of nitrogens with two attached hydrogens (primary N) is 1. The van der Waals surface area contributed by atoms with Gasteiger partial charge in [-0.05, 0) is 44.9 Å². The van der Waals surface area contributed by atoms with Gasteiger partial charge in [-0.1, -0.05) is 17.7 Å². The van der Waals surface area contributed by atoms with E-state index < -0.39 is 27.6 Å². The molecule has 0 fully saturated rings. The summed E-state index contributed by atoms with van der Waals surface area (Å²) in [5.74, 6) is -2.05. The Kier molecular flexibility index (Phi) is 7.74. The number of aryl methyl sites for hydroxylation is 1. The number of nitrogens with one attached hydrogen (secondary N) is 1. The van der Waals surface area contributed by atoms with Crippen molar-refractivity contribution >= 4 is 44.0 Å². The van der Waals surface area contributed by atoms with Crippen molar-refractivity contribution in [2.75, 3.05) is 17.7 Å². The minimum absolute atomic E-state index is 0.0451. The van der Waals surface area contributed by atoms with Gasteiger partial charge in [0.25, 0.3) is 5.91 Å². The molecule has 2 aromatic rings. The summed E-state index contributed by atoms with van der Waals surface area (Å²) in [7, 11) is -3.50. The van der Waals surface area contributed by atoms with Crippen molar-refractivity contribution in [2.24, 2.45) is 5.73 Å². The number of thiophene rings is 1. The fraction of sp³-hybridized carbons (Fsp3) is 0.350. The molecule has 1 heterocycles. The Morgan fingerprint density at radius 1 is 1.13 bits per heavy atom. The van der Waals surface area contributed by atoms with Crippen molar-refractivity contribution in [3.8, 4) is 0 Å². The molecule has 8 nitrogen and oxygen atoms in total. The van der Waals surface area contributed by atoms with Crippen LogP contribution in [-0.4, -0.2) is 38.6 Å². The molecular formula is C20H24N2O6S2. The lowest BCUT2D eigenvalue weighted by Crippen LogP contribution is -2.18. The number of esters is 1. The Morgan fingerprint density at radius 3 is 2.33 bits per heavy atom. The van der Waals surface area contributed by atoms with Crippen molar-refractivity contribution in [3.05, 3.63) is 45.8 Å². The van der Waals surface area contributed by atoms with E-state index in [0.717, 1.165) is 16.9 Å². The van der Waals surface area contributed by atoms with E-state index in [0.29, 0.717) is 5.56 Å². The van der Waals surface area contributed by atoms with E-state index in [4.69, 9.17) is 10.5 Å². The Bertz CT molecular complexity index is 1060. The van der Waals surface area contributed by atoms with Crippen LogP contribution in [0.1, 0.15) is 50.9 Å². The molecule has 1 aromatic carbocycles. The Labute approximate surface area is 179 Å². The van der Waals surface area contributed by atoms with E-state index in [1.165, 1.54) is 12.1 Å². The molecule has 0 saturated heterocycles. The van der Waals surface area contributed by atoms with Gasteiger partial charge in [0.2, 0.25) is 5.91 Å². The topological polar surface area (TPSA) is 133 Å². The maximum Gasteiger partial charge on any atom is 0.348 e. The van der Waals surface area contributed by atoms with E-state index >= 15 is 0 Å². The van der Waals surface area contributed by atoms with E-state index in [1.807, 2.05) is 6.92 Å². The van der Waals surface area contributed by atoms with Gasteiger partial charge in [0.15, 0.2) is 9.84 Å². The smallest absolute Gasteiger partial charge is 0.348 e. The van der Waals surface area contributed by atoms with Crippen LogP contribution in [0.2, 0.25) is 0 Å². The fourth-order valence-electron chi connectivity index (χ4n) is 2.76. The van der Waals surface area contributed by atoms with Crippen molar-refractivity contribution in [3.63, 3.8) is 0 Å². The zero-order valence-corrected chi connectivity index (χ0v) is 18.6. The van der Waals surface area contributed by atoms with E-state index in [9.17, 15) is 22.8 Å². The SMILES string of the molecule is CCOC(=O)c1sc(NC(=O)CCCS(=O)(=O)c2ccc(C)cc2)c(C(N)=O)c1C. The van der Waals surface area contributed by atoms with Gasteiger partial charge in [-0.25, -0.2) is 13.2 Å².